The molecular weight excluding hydrogens is 464 g/mol. The van der Waals surface area contributed by atoms with Gasteiger partial charge in [0.25, 0.3) is 5.91 Å². The highest BCUT2D eigenvalue weighted by atomic mass is 35.5. The molecule has 0 radical (unpaired) electrons. The lowest BCUT2D eigenvalue weighted by Crippen LogP contribution is -2.46. The van der Waals surface area contributed by atoms with Gasteiger partial charge in [-0.2, -0.15) is 0 Å². The van der Waals surface area contributed by atoms with E-state index in [1.165, 1.54) is 5.56 Å². The van der Waals surface area contributed by atoms with Crippen LogP contribution < -0.4 is 5.32 Å². The molecule has 1 unspecified atom stereocenters. The Balaban J connectivity index is 0.000000431. The summed E-state index contributed by atoms with van der Waals surface area (Å²) in [5.74, 6) is -0.214. The van der Waals surface area contributed by atoms with Crippen LogP contribution in [-0.4, -0.2) is 58.0 Å². The Morgan fingerprint density at radius 1 is 1.17 bits per heavy atom. The first kappa shape index (κ1) is 25.1. The van der Waals surface area contributed by atoms with Crippen molar-refractivity contribution in [2.75, 3.05) is 26.2 Å². The monoisotopic (exact) mass is 494 g/mol. The third kappa shape index (κ3) is 5.97. The van der Waals surface area contributed by atoms with E-state index in [1.807, 2.05) is 42.4 Å². The van der Waals surface area contributed by atoms with Crippen molar-refractivity contribution in [3.05, 3.63) is 70.1 Å². The zero-order chi connectivity index (χ0) is 24.8. The van der Waals surface area contributed by atoms with Gasteiger partial charge < -0.3 is 15.3 Å². The van der Waals surface area contributed by atoms with Crippen molar-refractivity contribution >= 4 is 34.4 Å². The third-order valence-corrected chi connectivity index (χ3v) is 7.01. The summed E-state index contributed by atoms with van der Waals surface area (Å²) in [6.45, 7) is 5.00. The Morgan fingerprint density at radius 2 is 1.91 bits per heavy atom. The Hall–Kier alpha value is -3.03. The maximum absolute atomic E-state index is 12.9. The van der Waals surface area contributed by atoms with Gasteiger partial charge in [0.05, 0.1) is 10.5 Å². The van der Waals surface area contributed by atoms with Crippen molar-refractivity contribution in [3.8, 4) is 0 Å². The highest BCUT2D eigenvalue weighted by Crippen LogP contribution is 2.38. The first-order valence-corrected chi connectivity index (χ1v) is 12.6. The van der Waals surface area contributed by atoms with E-state index in [0.717, 1.165) is 79.0 Å². The lowest BCUT2D eigenvalue weighted by molar-refractivity contribution is -0.137. The van der Waals surface area contributed by atoms with Crippen LogP contribution in [-0.2, 0) is 17.6 Å². The highest BCUT2D eigenvalue weighted by molar-refractivity contribution is 6.36. The third-order valence-electron chi connectivity index (χ3n) is 6.58. The SMILES string of the molecule is CCCC(=O)O.O=C(c1ccc2c(Cl)c3c(nc2c1)CC(c1ccncc1)CC3)N1CCNCC1. The van der Waals surface area contributed by atoms with Crippen molar-refractivity contribution < 1.29 is 14.7 Å². The van der Waals surface area contributed by atoms with E-state index in [1.54, 1.807) is 0 Å². The molecule has 35 heavy (non-hydrogen) atoms. The van der Waals surface area contributed by atoms with Crippen LogP contribution in [0.1, 0.15) is 59.3 Å². The average Bonchev–Trinajstić information content (AvgIpc) is 2.89. The molecule has 0 spiro atoms. The number of nitrogens with zero attached hydrogens (tertiary/aromatic N) is 3. The molecule has 3 aromatic rings. The second kappa shape index (κ2) is 11.6. The van der Waals surface area contributed by atoms with E-state index in [4.69, 9.17) is 21.7 Å². The number of carboxylic acids is 1. The van der Waals surface area contributed by atoms with Gasteiger partial charge in [0.15, 0.2) is 0 Å². The standard InChI is InChI=1S/C23H23ClN4O.C4H8O2/c24-22-18-3-1-16(15-5-7-25-8-6-15)13-20(18)27-21-14-17(2-4-19(21)22)23(29)28-11-9-26-10-12-28;1-2-3-4(5)6/h2,4-8,14,16,26H,1,3,9-13H2;2-3H2,1H3,(H,5,6). The van der Waals surface area contributed by atoms with E-state index < -0.39 is 5.97 Å². The summed E-state index contributed by atoms with van der Waals surface area (Å²) >= 11 is 6.78. The highest BCUT2D eigenvalue weighted by Gasteiger charge is 2.25. The molecule has 1 saturated heterocycles. The van der Waals surface area contributed by atoms with E-state index in [0.29, 0.717) is 17.9 Å². The van der Waals surface area contributed by atoms with Crippen LogP contribution in [0, 0.1) is 0 Å². The molecule has 1 aliphatic carbocycles. The van der Waals surface area contributed by atoms with Crippen molar-refractivity contribution in [1.82, 2.24) is 20.2 Å². The van der Waals surface area contributed by atoms with E-state index >= 15 is 0 Å². The number of benzene rings is 1. The summed E-state index contributed by atoms with van der Waals surface area (Å²) in [5.41, 5.74) is 5.01. The minimum atomic E-state index is -0.711. The maximum Gasteiger partial charge on any atom is 0.303 e. The minimum Gasteiger partial charge on any atom is -0.481 e. The smallest absolute Gasteiger partial charge is 0.303 e. The number of carboxylic acid groups (broad SMARTS) is 1. The summed E-state index contributed by atoms with van der Waals surface area (Å²) in [6.07, 6.45) is 7.56. The molecule has 5 rings (SSSR count). The van der Waals surface area contributed by atoms with Crippen molar-refractivity contribution in [1.29, 1.82) is 0 Å². The molecule has 3 heterocycles. The van der Waals surface area contributed by atoms with Gasteiger partial charge in [0, 0.05) is 61.6 Å². The van der Waals surface area contributed by atoms with Gasteiger partial charge in [-0.05, 0) is 67.0 Å². The normalized spacial score (nSPS) is 17.3. The topological polar surface area (TPSA) is 95.4 Å². The number of carbonyl (C=O) groups is 2. The van der Waals surface area contributed by atoms with Gasteiger partial charge in [-0.25, -0.2) is 0 Å². The summed E-state index contributed by atoms with van der Waals surface area (Å²) in [6, 6.07) is 9.91. The number of pyridine rings is 2. The van der Waals surface area contributed by atoms with E-state index in [-0.39, 0.29) is 5.91 Å². The minimum absolute atomic E-state index is 0.0682. The molecule has 184 valence electrons. The fourth-order valence-electron chi connectivity index (χ4n) is 4.71. The van der Waals surface area contributed by atoms with E-state index in [9.17, 15) is 9.59 Å². The number of piperazine rings is 1. The summed E-state index contributed by atoms with van der Waals surface area (Å²) in [5, 5.41) is 12.9. The number of aliphatic carboxylic acids is 1. The molecule has 1 aromatic carbocycles. The largest absolute Gasteiger partial charge is 0.481 e. The molecule has 0 bridgehead atoms. The van der Waals surface area contributed by atoms with Crippen LogP contribution in [0.3, 0.4) is 0 Å². The Labute approximate surface area is 210 Å². The number of hydrogen-bond donors (Lipinski definition) is 2. The van der Waals surface area contributed by atoms with Gasteiger partial charge in [0.1, 0.15) is 0 Å². The van der Waals surface area contributed by atoms with Crippen LogP contribution in [0.15, 0.2) is 42.7 Å². The van der Waals surface area contributed by atoms with Crippen molar-refractivity contribution in [3.63, 3.8) is 0 Å². The quantitative estimate of drug-likeness (QED) is 0.555. The number of amides is 1. The van der Waals surface area contributed by atoms with Gasteiger partial charge >= 0.3 is 5.97 Å². The van der Waals surface area contributed by atoms with Crippen LogP contribution in [0.5, 0.6) is 0 Å². The van der Waals surface area contributed by atoms with Gasteiger partial charge in [-0.3, -0.25) is 19.6 Å². The Bertz CT molecular complexity index is 1200. The number of rotatable bonds is 4. The molecular formula is C27H31ClN4O3. The van der Waals surface area contributed by atoms with Gasteiger partial charge in [-0.15, -0.1) is 0 Å². The fourth-order valence-corrected chi connectivity index (χ4v) is 5.07. The Kier molecular flexibility index (Phi) is 8.31. The molecule has 1 amide bonds. The number of hydrogen-bond acceptors (Lipinski definition) is 5. The van der Waals surface area contributed by atoms with Crippen LogP contribution in [0.2, 0.25) is 5.02 Å². The molecule has 8 heteroatoms. The maximum atomic E-state index is 12.9. The van der Waals surface area contributed by atoms with Gasteiger partial charge in [0.2, 0.25) is 0 Å². The Morgan fingerprint density at radius 3 is 2.57 bits per heavy atom. The van der Waals surface area contributed by atoms with Crippen molar-refractivity contribution in [2.45, 2.75) is 44.9 Å². The first-order chi connectivity index (χ1) is 17.0. The predicted octanol–water partition coefficient (Wildman–Crippen LogP) is 4.47. The lowest BCUT2D eigenvalue weighted by atomic mass is 9.82. The number of nitrogens with one attached hydrogen (secondary N) is 1. The van der Waals surface area contributed by atoms with Crippen LogP contribution >= 0.6 is 11.6 Å². The summed E-state index contributed by atoms with van der Waals surface area (Å²) in [7, 11) is 0. The molecule has 7 nitrogen and oxygen atoms in total. The average molecular weight is 495 g/mol. The number of halogens is 1. The molecule has 1 aliphatic heterocycles. The number of fused-ring (bicyclic) bond motifs is 2. The summed E-state index contributed by atoms with van der Waals surface area (Å²) < 4.78 is 0. The summed E-state index contributed by atoms with van der Waals surface area (Å²) in [4.78, 5) is 33.5. The molecule has 0 saturated carbocycles. The van der Waals surface area contributed by atoms with E-state index in [2.05, 4.69) is 22.4 Å². The molecule has 1 fully saturated rings. The zero-order valence-electron chi connectivity index (χ0n) is 20.0. The van der Waals surface area contributed by atoms with Crippen LogP contribution in [0.4, 0.5) is 0 Å². The van der Waals surface area contributed by atoms with Crippen LogP contribution in [0.25, 0.3) is 10.9 Å². The second-order valence-electron chi connectivity index (χ2n) is 8.99. The predicted molar refractivity (Wildman–Crippen MR) is 137 cm³/mol. The lowest BCUT2D eigenvalue weighted by Gasteiger charge is -2.28. The molecule has 1 atom stereocenters. The zero-order valence-corrected chi connectivity index (χ0v) is 20.7. The second-order valence-corrected chi connectivity index (χ2v) is 9.37. The number of carbonyl (C=O) groups excluding carboxylic acids is 1. The number of aromatic nitrogens is 2. The molecule has 2 aliphatic rings. The van der Waals surface area contributed by atoms with Crippen molar-refractivity contribution in [2.24, 2.45) is 0 Å². The van der Waals surface area contributed by atoms with Gasteiger partial charge in [-0.1, -0.05) is 24.6 Å². The first-order valence-electron chi connectivity index (χ1n) is 12.2. The fraction of sp³-hybridized carbons (Fsp3) is 0.407. The molecule has 2 aromatic heterocycles. The molecule has 2 N–H and O–H groups in total.